The lowest BCUT2D eigenvalue weighted by atomic mass is 9.95. The minimum Gasteiger partial charge on any atom is -0.365 e. The number of primary amides is 1. The Kier molecular flexibility index (Phi) is 6.25. The molecule has 0 atom stereocenters. The maximum absolute atomic E-state index is 13.3. The zero-order valence-electron chi connectivity index (χ0n) is 18.3. The largest absolute Gasteiger partial charge is 0.365 e. The van der Waals surface area contributed by atoms with Crippen molar-refractivity contribution in [3.8, 4) is 0 Å². The van der Waals surface area contributed by atoms with Gasteiger partial charge in [-0.25, -0.2) is 4.98 Å². The van der Waals surface area contributed by atoms with Crippen LogP contribution in [0, 0.1) is 0 Å². The minimum atomic E-state index is -0.500. The number of fused-ring (bicyclic) bond motifs is 2. The first kappa shape index (κ1) is 22.2. The Morgan fingerprint density at radius 1 is 1.15 bits per heavy atom. The number of anilines is 1. The van der Waals surface area contributed by atoms with E-state index in [1.54, 1.807) is 4.57 Å². The number of nitrogens with two attached hydrogens (primary N) is 1. The summed E-state index contributed by atoms with van der Waals surface area (Å²) >= 11 is 2.71. The third-order valence-electron chi connectivity index (χ3n) is 6.47. The van der Waals surface area contributed by atoms with Crippen LogP contribution in [-0.4, -0.2) is 27.1 Å². The molecule has 5 rings (SSSR count). The van der Waals surface area contributed by atoms with Crippen LogP contribution in [0.25, 0.3) is 10.9 Å². The molecule has 1 saturated carbocycles. The molecule has 172 valence electrons. The molecule has 0 aliphatic heterocycles. The second-order valence-electron chi connectivity index (χ2n) is 8.64. The van der Waals surface area contributed by atoms with Crippen LogP contribution in [0.5, 0.6) is 0 Å². The molecule has 2 aliphatic rings. The van der Waals surface area contributed by atoms with Gasteiger partial charge in [0.1, 0.15) is 5.00 Å². The molecule has 7 nitrogen and oxygen atoms in total. The summed E-state index contributed by atoms with van der Waals surface area (Å²) in [4.78, 5) is 44.1. The monoisotopic (exact) mass is 482 g/mol. The Bertz CT molecular complexity index is 1290. The quantitative estimate of drug-likeness (QED) is 0.403. The van der Waals surface area contributed by atoms with E-state index in [2.05, 4.69) is 5.32 Å². The lowest BCUT2D eigenvalue weighted by molar-refractivity contribution is -0.113. The molecular formula is C24H26N4O3S2. The van der Waals surface area contributed by atoms with Gasteiger partial charge in [-0.1, -0.05) is 43.2 Å². The summed E-state index contributed by atoms with van der Waals surface area (Å²) in [6, 6.07) is 7.47. The summed E-state index contributed by atoms with van der Waals surface area (Å²) in [5.74, 6) is -0.641. The van der Waals surface area contributed by atoms with Gasteiger partial charge in [-0.15, -0.1) is 11.3 Å². The van der Waals surface area contributed by atoms with Crippen LogP contribution in [0.1, 0.15) is 65.4 Å². The number of rotatable bonds is 6. The second kappa shape index (κ2) is 9.30. The molecule has 2 aliphatic carbocycles. The van der Waals surface area contributed by atoms with Crippen molar-refractivity contribution in [1.82, 2.24) is 9.55 Å². The van der Waals surface area contributed by atoms with Crippen molar-refractivity contribution < 1.29 is 9.59 Å². The van der Waals surface area contributed by atoms with Crippen molar-refractivity contribution in [2.24, 2.45) is 5.73 Å². The van der Waals surface area contributed by atoms with Gasteiger partial charge in [-0.2, -0.15) is 0 Å². The molecule has 2 amide bonds. The van der Waals surface area contributed by atoms with Gasteiger partial charge < -0.3 is 11.1 Å². The normalized spacial score (nSPS) is 16.1. The zero-order valence-corrected chi connectivity index (χ0v) is 19.9. The number of aryl methyl sites for hydroxylation is 1. The van der Waals surface area contributed by atoms with E-state index in [1.165, 1.54) is 29.5 Å². The summed E-state index contributed by atoms with van der Waals surface area (Å²) < 4.78 is 1.80. The highest BCUT2D eigenvalue weighted by Gasteiger charge is 2.27. The predicted molar refractivity (Wildman–Crippen MR) is 132 cm³/mol. The van der Waals surface area contributed by atoms with E-state index < -0.39 is 5.91 Å². The predicted octanol–water partition coefficient (Wildman–Crippen LogP) is 4.28. The Labute approximate surface area is 199 Å². The van der Waals surface area contributed by atoms with Crippen LogP contribution in [0.3, 0.4) is 0 Å². The fraction of sp³-hybridized carbons (Fsp3) is 0.417. The Balaban J connectivity index is 1.40. The molecule has 2 aromatic heterocycles. The molecule has 0 saturated heterocycles. The van der Waals surface area contributed by atoms with Crippen molar-refractivity contribution in [3.63, 3.8) is 0 Å². The van der Waals surface area contributed by atoms with E-state index >= 15 is 0 Å². The fourth-order valence-corrected chi connectivity index (χ4v) is 7.11. The number of nitrogens with one attached hydrogen (secondary N) is 1. The molecule has 3 N–H and O–H groups in total. The van der Waals surface area contributed by atoms with E-state index in [0.29, 0.717) is 26.6 Å². The molecule has 33 heavy (non-hydrogen) atoms. The van der Waals surface area contributed by atoms with E-state index in [0.717, 1.165) is 55.4 Å². The Morgan fingerprint density at radius 2 is 1.94 bits per heavy atom. The number of hydrogen-bond acceptors (Lipinski definition) is 6. The molecule has 1 aromatic carbocycles. The van der Waals surface area contributed by atoms with Crippen LogP contribution in [0.15, 0.2) is 34.2 Å². The number of hydrogen-bond donors (Lipinski definition) is 2. The van der Waals surface area contributed by atoms with Gasteiger partial charge in [0.2, 0.25) is 5.91 Å². The number of amides is 2. The number of aromatic nitrogens is 2. The number of para-hydroxylation sites is 1. The molecule has 2 heterocycles. The SMILES string of the molecule is NC(=O)c1c(NC(=O)CSc2nc3ccccc3c(=O)n2C2CCCCC2)sc2c1CCC2. The van der Waals surface area contributed by atoms with Crippen LogP contribution >= 0.6 is 23.1 Å². The number of benzene rings is 1. The van der Waals surface area contributed by atoms with Crippen molar-refractivity contribution in [3.05, 3.63) is 50.6 Å². The van der Waals surface area contributed by atoms with Crippen molar-refractivity contribution in [1.29, 1.82) is 0 Å². The third kappa shape index (κ3) is 4.31. The zero-order chi connectivity index (χ0) is 22.9. The summed E-state index contributed by atoms with van der Waals surface area (Å²) in [7, 11) is 0. The lowest BCUT2D eigenvalue weighted by Gasteiger charge is -2.26. The van der Waals surface area contributed by atoms with Gasteiger partial charge in [0.05, 0.1) is 22.2 Å². The maximum Gasteiger partial charge on any atom is 0.262 e. The third-order valence-corrected chi connectivity index (χ3v) is 8.63. The van der Waals surface area contributed by atoms with Crippen molar-refractivity contribution in [2.75, 3.05) is 11.1 Å². The average Bonchev–Trinajstić information content (AvgIpc) is 3.39. The van der Waals surface area contributed by atoms with Crippen molar-refractivity contribution in [2.45, 2.75) is 62.6 Å². The van der Waals surface area contributed by atoms with Gasteiger partial charge >= 0.3 is 0 Å². The van der Waals surface area contributed by atoms with Gasteiger partial charge in [-0.05, 0) is 49.8 Å². The number of carbonyl (C=O) groups excluding carboxylic acids is 2. The highest BCUT2D eigenvalue weighted by Crippen LogP contribution is 2.39. The average molecular weight is 483 g/mol. The number of thiophene rings is 1. The van der Waals surface area contributed by atoms with E-state index in [4.69, 9.17) is 10.7 Å². The molecule has 0 bridgehead atoms. The number of carbonyl (C=O) groups is 2. The topological polar surface area (TPSA) is 107 Å². The van der Waals surface area contributed by atoms with Gasteiger partial charge in [0, 0.05) is 10.9 Å². The summed E-state index contributed by atoms with van der Waals surface area (Å²) in [6.45, 7) is 0. The maximum atomic E-state index is 13.3. The first-order valence-electron chi connectivity index (χ1n) is 11.4. The van der Waals surface area contributed by atoms with E-state index in [-0.39, 0.29) is 23.3 Å². The summed E-state index contributed by atoms with van der Waals surface area (Å²) in [6.07, 6.45) is 8.01. The number of nitrogens with zero attached hydrogens (tertiary/aromatic N) is 2. The number of thioether (sulfide) groups is 1. The fourth-order valence-electron chi connectivity index (χ4n) is 4.93. The summed E-state index contributed by atoms with van der Waals surface area (Å²) in [5, 5.41) is 4.60. The Morgan fingerprint density at radius 3 is 2.73 bits per heavy atom. The van der Waals surface area contributed by atoms with Crippen LogP contribution in [0.4, 0.5) is 5.00 Å². The van der Waals surface area contributed by atoms with Crippen molar-refractivity contribution >= 4 is 50.8 Å². The van der Waals surface area contributed by atoms with E-state index in [1.807, 2.05) is 24.3 Å². The molecule has 1 fully saturated rings. The minimum absolute atomic E-state index is 0.0406. The van der Waals surface area contributed by atoms with Crippen LogP contribution in [-0.2, 0) is 17.6 Å². The van der Waals surface area contributed by atoms with Gasteiger partial charge in [0.25, 0.3) is 11.5 Å². The second-order valence-corrected chi connectivity index (χ2v) is 10.7. The van der Waals surface area contributed by atoms with Gasteiger partial charge in [-0.3, -0.25) is 19.0 Å². The molecule has 3 aromatic rings. The standard InChI is InChI=1S/C24H26N4O3S2/c25-21(30)20-16-10-6-12-18(16)33-22(20)27-19(29)13-32-24-26-17-11-5-4-9-15(17)23(31)28(24)14-7-2-1-3-8-14/h4-5,9,11,14H,1-3,6-8,10,12-13H2,(H2,25,30)(H,27,29). The smallest absolute Gasteiger partial charge is 0.262 e. The van der Waals surface area contributed by atoms with E-state index in [9.17, 15) is 14.4 Å². The highest BCUT2D eigenvalue weighted by atomic mass is 32.2. The van der Waals surface area contributed by atoms with Crippen LogP contribution in [0.2, 0.25) is 0 Å². The first-order valence-corrected chi connectivity index (χ1v) is 13.2. The highest BCUT2D eigenvalue weighted by molar-refractivity contribution is 7.99. The molecular weight excluding hydrogens is 456 g/mol. The van der Waals surface area contributed by atoms with Crippen LogP contribution < -0.4 is 16.6 Å². The summed E-state index contributed by atoms with van der Waals surface area (Å²) in [5.41, 5.74) is 7.65. The molecule has 0 unspecified atom stereocenters. The molecule has 0 radical (unpaired) electrons. The first-order chi connectivity index (χ1) is 16.0. The molecule has 0 spiro atoms. The Hall–Kier alpha value is -2.65. The molecule has 9 heteroatoms. The lowest BCUT2D eigenvalue weighted by Crippen LogP contribution is -2.29. The van der Waals surface area contributed by atoms with Gasteiger partial charge in [0.15, 0.2) is 5.16 Å².